The van der Waals surface area contributed by atoms with Crippen LogP contribution in [0.25, 0.3) is 0 Å². The van der Waals surface area contributed by atoms with Gasteiger partial charge >= 0.3 is 0 Å². The number of carbonyl (C=O) groups is 3. The molecule has 0 saturated carbocycles. The Bertz CT molecular complexity index is 1540. The van der Waals surface area contributed by atoms with Crippen molar-refractivity contribution in [2.24, 2.45) is 17.6 Å². The average molecular weight is 551 g/mol. The molecule has 39 heavy (non-hydrogen) atoms. The number of aromatic hydroxyl groups is 1. The van der Waals surface area contributed by atoms with Gasteiger partial charge in [0.25, 0.3) is 5.91 Å². The maximum absolute atomic E-state index is 13.7. The van der Waals surface area contributed by atoms with Gasteiger partial charge in [-0.05, 0) is 53.5 Å². The Morgan fingerprint density at radius 3 is 2.56 bits per heavy atom. The monoisotopic (exact) mass is 550 g/mol. The van der Waals surface area contributed by atoms with Crippen molar-refractivity contribution in [3.63, 3.8) is 0 Å². The quantitative estimate of drug-likeness (QED) is 0.364. The zero-order chi connectivity index (χ0) is 27.8. The number of phenols is 1. The van der Waals surface area contributed by atoms with Crippen LogP contribution in [0.5, 0.6) is 5.75 Å². The van der Waals surface area contributed by atoms with Gasteiger partial charge in [0.15, 0.2) is 11.4 Å². The second-order valence-electron chi connectivity index (χ2n) is 10.9. The summed E-state index contributed by atoms with van der Waals surface area (Å²) in [4.78, 5) is 40.7. The van der Waals surface area contributed by atoms with Gasteiger partial charge in [-0.25, -0.2) is 0 Å². The number of hydrogen-bond donors (Lipinski definition) is 5. The molecule has 6 rings (SSSR count). The van der Waals surface area contributed by atoms with Crippen molar-refractivity contribution < 1.29 is 34.8 Å². The van der Waals surface area contributed by atoms with E-state index in [9.17, 15) is 34.8 Å². The SMILES string of the molecule is NC(=O)C1=C(O)C[C@@H]2C[C@@H]3Cc4c(Cl)c(CN5CCc6ccccc6C5)cc(O)c4C(=O)C3=C(O)[C@]2(O)C1=O. The van der Waals surface area contributed by atoms with Crippen LogP contribution >= 0.6 is 11.6 Å². The zero-order valence-electron chi connectivity index (χ0n) is 20.9. The van der Waals surface area contributed by atoms with Crippen molar-refractivity contribution >= 4 is 29.1 Å². The highest BCUT2D eigenvalue weighted by molar-refractivity contribution is 6.33. The number of aliphatic hydroxyl groups excluding tert-OH is 2. The number of carbonyl (C=O) groups excluding carboxylic acids is 3. The standard InChI is InChI=1S/C29H27ClN2O7/c30-24-16(12-32-6-5-13-3-1-2-4-14(13)11-32)9-19(33)22-18(24)8-15-7-17-10-20(34)23(28(31)38)27(37)29(17,39)26(36)21(15)25(22)35/h1-4,9,15,17,33-34,36,39H,5-8,10-12H2,(H2,31,38)/t15-,17+,29+/m1/s1. The van der Waals surface area contributed by atoms with Gasteiger partial charge in [0, 0.05) is 42.6 Å². The predicted molar refractivity (Wildman–Crippen MR) is 140 cm³/mol. The first-order chi connectivity index (χ1) is 18.5. The lowest BCUT2D eigenvalue weighted by atomic mass is 9.60. The summed E-state index contributed by atoms with van der Waals surface area (Å²) in [6.07, 6.45) is 0.857. The van der Waals surface area contributed by atoms with Crippen LogP contribution in [-0.2, 0) is 35.5 Å². The number of nitrogens with zero attached hydrogens (tertiary/aromatic N) is 1. The summed E-state index contributed by atoms with van der Waals surface area (Å²) in [6.45, 7) is 2.00. The molecule has 0 unspecified atom stereocenters. The molecule has 0 aromatic heterocycles. The van der Waals surface area contributed by atoms with Gasteiger partial charge in [0.05, 0.1) is 5.56 Å². The Labute approximate surface area is 228 Å². The lowest BCUT2D eigenvalue weighted by molar-refractivity contribution is -0.144. The molecule has 0 spiro atoms. The number of hydrogen-bond acceptors (Lipinski definition) is 8. The molecule has 202 valence electrons. The number of fused-ring (bicyclic) bond motifs is 4. The van der Waals surface area contributed by atoms with Crippen LogP contribution in [0.15, 0.2) is 53.0 Å². The Kier molecular flexibility index (Phi) is 5.87. The zero-order valence-corrected chi connectivity index (χ0v) is 21.7. The lowest BCUT2D eigenvalue weighted by Gasteiger charge is -2.45. The molecule has 9 nitrogen and oxygen atoms in total. The molecule has 0 fully saturated rings. The second-order valence-corrected chi connectivity index (χ2v) is 11.2. The Hall–Kier alpha value is -3.66. The molecule has 1 heterocycles. The van der Waals surface area contributed by atoms with Crippen molar-refractivity contribution in [3.05, 3.63) is 85.8 Å². The fourth-order valence-electron chi connectivity index (χ4n) is 6.77. The van der Waals surface area contributed by atoms with E-state index in [1.165, 1.54) is 17.2 Å². The van der Waals surface area contributed by atoms with Crippen LogP contribution in [0.3, 0.4) is 0 Å². The minimum Gasteiger partial charge on any atom is -0.511 e. The van der Waals surface area contributed by atoms with E-state index >= 15 is 0 Å². The highest BCUT2D eigenvalue weighted by Crippen LogP contribution is 2.52. The third kappa shape index (κ3) is 3.71. The van der Waals surface area contributed by atoms with E-state index in [1.54, 1.807) is 0 Å². The van der Waals surface area contributed by atoms with E-state index in [0.717, 1.165) is 19.5 Å². The van der Waals surface area contributed by atoms with Gasteiger partial charge in [0.2, 0.25) is 5.78 Å². The molecule has 2 aromatic rings. The number of allylic oxidation sites excluding steroid dienone is 2. The van der Waals surface area contributed by atoms with E-state index in [2.05, 4.69) is 17.0 Å². The van der Waals surface area contributed by atoms with Crippen molar-refractivity contribution in [2.45, 2.75) is 44.4 Å². The minimum atomic E-state index is -2.58. The van der Waals surface area contributed by atoms with Gasteiger partial charge in [-0.1, -0.05) is 35.9 Å². The van der Waals surface area contributed by atoms with Gasteiger partial charge in [-0.15, -0.1) is 0 Å². The topological polar surface area (TPSA) is 161 Å². The van der Waals surface area contributed by atoms with E-state index < -0.39 is 52.0 Å². The number of aliphatic hydroxyl groups is 3. The molecule has 1 amide bonds. The highest BCUT2D eigenvalue weighted by atomic mass is 35.5. The van der Waals surface area contributed by atoms with Crippen LogP contribution in [0.2, 0.25) is 5.02 Å². The fraction of sp³-hybridized carbons (Fsp3) is 0.345. The normalized spacial score (nSPS) is 26.6. The van der Waals surface area contributed by atoms with Crippen molar-refractivity contribution in [3.8, 4) is 5.75 Å². The summed E-state index contributed by atoms with van der Waals surface area (Å²) in [5.74, 6) is -6.56. The number of benzene rings is 2. The third-order valence-electron chi connectivity index (χ3n) is 8.67. The summed E-state index contributed by atoms with van der Waals surface area (Å²) in [5.41, 5.74) is 5.23. The molecule has 0 saturated heterocycles. The van der Waals surface area contributed by atoms with E-state index in [1.807, 2.05) is 12.1 Å². The molecular formula is C29H27ClN2O7. The second kappa shape index (κ2) is 8.94. The summed E-state index contributed by atoms with van der Waals surface area (Å²) < 4.78 is 0. The first-order valence-corrected chi connectivity index (χ1v) is 13.2. The number of rotatable bonds is 3. The number of nitrogens with two attached hydrogens (primary N) is 1. The maximum Gasteiger partial charge on any atom is 0.255 e. The van der Waals surface area contributed by atoms with Crippen LogP contribution in [0.1, 0.15) is 45.5 Å². The minimum absolute atomic E-state index is 0.0626. The van der Waals surface area contributed by atoms with E-state index in [0.29, 0.717) is 22.7 Å². The first kappa shape index (κ1) is 25.6. The summed E-state index contributed by atoms with van der Waals surface area (Å²) in [5, 5.41) is 44.1. The van der Waals surface area contributed by atoms with Crippen molar-refractivity contribution in [1.82, 2.24) is 4.90 Å². The fourth-order valence-corrected chi connectivity index (χ4v) is 7.05. The van der Waals surface area contributed by atoms with Gasteiger partial charge in [0.1, 0.15) is 22.8 Å². The summed E-state index contributed by atoms with van der Waals surface area (Å²) in [7, 11) is 0. The number of primary amides is 1. The molecular weight excluding hydrogens is 524 g/mol. The van der Waals surface area contributed by atoms with Crippen molar-refractivity contribution in [1.29, 1.82) is 0 Å². The molecule has 1 aliphatic heterocycles. The van der Waals surface area contributed by atoms with E-state index in [-0.39, 0.29) is 36.1 Å². The Balaban J connectivity index is 1.37. The van der Waals surface area contributed by atoms with Gasteiger partial charge < -0.3 is 26.2 Å². The van der Waals surface area contributed by atoms with Crippen molar-refractivity contribution in [2.75, 3.05) is 6.54 Å². The van der Waals surface area contributed by atoms with Crippen LogP contribution < -0.4 is 5.73 Å². The van der Waals surface area contributed by atoms with Gasteiger partial charge in [-0.3, -0.25) is 19.3 Å². The number of phenolic OH excluding ortho intramolecular Hbond substituents is 1. The number of Topliss-reactive ketones (excluding diaryl/α,β-unsaturated/α-hetero) is 2. The first-order valence-electron chi connectivity index (χ1n) is 12.8. The molecule has 3 atom stereocenters. The number of halogens is 1. The third-order valence-corrected chi connectivity index (χ3v) is 9.14. The Morgan fingerprint density at radius 2 is 1.85 bits per heavy atom. The van der Waals surface area contributed by atoms with Crippen LogP contribution in [0.4, 0.5) is 0 Å². The average Bonchev–Trinajstić information content (AvgIpc) is 2.88. The highest BCUT2D eigenvalue weighted by Gasteiger charge is 2.59. The summed E-state index contributed by atoms with van der Waals surface area (Å²) in [6, 6.07) is 9.68. The molecule has 4 aliphatic rings. The van der Waals surface area contributed by atoms with E-state index in [4.69, 9.17) is 17.3 Å². The summed E-state index contributed by atoms with van der Waals surface area (Å²) >= 11 is 6.85. The van der Waals surface area contributed by atoms with Crippen LogP contribution in [0, 0.1) is 11.8 Å². The number of ketones is 2. The Morgan fingerprint density at radius 1 is 1.13 bits per heavy atom. The smallest absolute Gasteiger partial charge is 0.255 e. The molecule has 10 heteroatoms. The lowest BCUT2D eigenvalue weighted by Crippen LogP contribution is -2.57. The maximum atomic E-state index is 13.7. The predicted octanol–water partition coefficient (Wildman–Crippen LogP) is 2.79. The molecule has 0 radical (unpaired) electrons. The van der Waals surface area contributed by atoms with Gasteiger partial charge in [-0.2, -0.15) is 0 Å². The molecule has 2 aromatic carbocycles. The van der Waals surface area contributed by atoms with Crippen LogP contribution in [-0.4, -0.2) is 54.9 Å². The molecule has 3 aliphatic carbocycles. The number of amides is 1. The molecule has 6 N–H and O–H groups in total. The molecule has 0 bridgehead atoms. The largest absolute Gasteiger partial charge is 0.511 e.